The molecule has 0 radical (unpaired) electrons. The Labute approximate surface area is 127 Å². The van der Waals surface area contributed by atoms with E-state index >= 15 is 0 Å². The minimum atomic E-state index is -3.82. The smallest absolute Gasteiger partial charge is 0.278 e. The number of aromatic nitrogens is 3. The summed E-state index contributed by atoms with van der Waals surface area (Å²) in [6.07, 6.45) is 0. The molecular formula is C9H7BrCl2N4O2S. The molecule has 2 aromatic rings. The Balaban J connectivity index is 2.39. The first-order valence-corrected chi connectivity index (χ1v) is 7.87. The van der Waals surface area contributed by atoms with Gasteiger partial charge in [-0.2, -0.15) is 8.42 Å². The largest absolute Gasteiger partial charge is 0.281 e. The third-order valence-corrected chi connectivity index (χ3v) is 5.17. The van der Waals surface area contributed by atoms with Crippen LogP contribution in [0.15, 0.2) is 27.8 Å². The van der Waals surface area contributed by atoms with E-state index < -0.39 is 10.0 Å². The molecule has 19 heavy (non-hydrogen) atoms. The molecule has 0 unspecified atom stereocenters. The summed E-state index contributed by atoms with van der Waals surface area (Å²) in [5.74, 6) is 0. The van der Waals surface area contributed by atoms with Crippen molar-refractivity contribution >= 4 is 54.8 Å². The van der Waals surface area contributed by atoms with E-state index in [9.17, 15) is 8.42 Å². The van der Waals surface area contributed by atoms with Gasteiger partial charge >= 0.3 is 0 Å². The molecule has 0 fully saturated rings. The van der Waals surface area contributed by atoms with Crippen molar-refractivity contribution in [2.45, 2.75) is 5.03 Å². The van der Waals surface area contributed by atoms with Crippen molar-refractivity contribution in [3.63, 3.8) is 0 Å². The summed E-state index contributed by atoms with van der Waals surface area (Å²) in [6.45, 7) is 0. The van der Waals surface area contributed by atoms with Gasteiger partial charge in [0.15, 0.2) is 4.60 Å². The van der Waals surface area contributed by atoms with Crippen LogP contribution in [-0.2, 0) is 17.1 Å². The summed E-state index contributed by atoms with van der Waals surface area (Å²) < 4.78 is 28.0. The lowest BCUT2D eigenvalue weighted by molar-refractivity contribution is 0.578. The molecule has 0 saturated heterocycles. The first-order chi connectivity index (χ1) is 8.81. The predicted molar refractivity (Wildman–Crippen MR) is 76.0 cm³/mol. The number of rotatable bonds is 3. The Morgan fingerprint density at radius 3 is 2.53 bits per heavy atom. The van der Waals surface area contributed by atoms with Crippen LogP contribution in [0.5, 0.6) is 0 Å². The van der Waals surface area contributed by atoms with Crippen molar-refractivity contribution in [3.05, 3.63) is 32.8 Å². The van der Waals surface area contributed by atoms with Gasteiger partial charge in [-0.25, -0.2) is 4.68 Å². The van der Waals surface area contributed by atoms with Crippen LogP contribution in [0.25, 0.3) is 0 Å². The highest BCUT2D eigenvalue weighted by molar-refractivity contribution is 9.10. The number of nitrogens with one attached hydrogen (secondary N) is 1. The summed E-state index contributed by atoms with van der Waals surface area (Å²) >= 11 is 14.6. The lowest BCUT2D eigenvalue weighted by Crippen LogP contribution is -2.17. The highest BCUT2D eigenvalue weighted by atomic mass is 79.9. The number of hydrogen-bond acceptors (Lipinski definition) is 4. The summed E-state index contributed by atoms with van der Waals surface area (Å²) in [5.41, 5.74) is 0.294. The van der Waals surface area contributed by atoms with Crippen LogP contribution in [0.2, 0.25) is 10.0 Å². The molecule has 1 aromatic carbocycles. The number of aryl methyl sites for hydroxylation is 1. The molecule has 6 nitrogen and oxygen atoms in total. The summed E-state index contributed by atoms with van der Waals surface area (Å²) in [5, 5.41) is 7.74. The van der Waals surface area contributed by atoms with E-state index in [1.54, 1.807) is 0 Å². The molecule has 0 aliphatic rings. The van der Waals surface area contributed by atoms with Gasteiger partial charge in [0.2, 0.25) is 5.03 Å². The first kappa shape index (κ1) is 14.6. The normalized spacial score (nSPS) is 11.6. The van der Waals surface area contributed by atoms with Gasteiger partial charge < -0.3 is 0 Å². The Kier molecular flexibility index (Phi) is 4.05. The Morgan fingerprint density at radius 1 is 1.32 bits per heavy atom. The van der Waals surface area contributed by atoms with Crippen LogP contribution in [0.1, 0.15) is 0 Å². The predicted octanol–water partition coefficient (Wildman–Crippen LogP) is 2.69. The molecule has 1 N–H and O–H groups in total. The van der Waals surface area contributed by atoms with E-state index in [0.717, 1.165) is 4.68 Å². The molecule has 0 saturated carbocycles. The topological polar surface area (TPSA) is 76.9 Å². The number of halogens is 3. The quantitative estimate of drug-likeness (QED) is 0.880. The van der Waals surface area contributed by atoms with Crippen molar-refractivity contribution < 1.29 is 8.42 Å². The van der Waals surface area contributed by atoms with Gasteiger partial charge in [0.05, 0.1) is 15.7 Å². The summed E-state index contributed by atoms with van der Waals surface area (Å²) in [4.78, 5) is 0. The third kappa shape index (κ3) is 3.02. The highest BCUT2D eigenvalue weighted by Gasteiger charge is 2.24. The van der Waals surface area contributed by atoms with E-state index in [-0.39, 0.29) is 14.7 Å². The monoisotopic (exact) mass is 384 g/mol. The van der Waals surface area contributed by atoms with Crippen molar-refractivity contribution in [2.75, 3.05) is 4.72 Å². The zero-order valence-corrected chi connectivity index (χ0v) is 13.3. The van der Waals surface area contributed by atoms with Crippen molar-refractivity contribution in [2.24, 2.45) is 7.05 Å². The molecule has 0 bridgehead atoms. The van der Waals surface area contributed by atoms with Crippen LogP contribution in [0.4, 0.5) is 5.69 Å². The number of anilines is 1. The first-order valence-electron chi connectivity index (χ1n) is 4.84. The van der Waals surface area contributed by atoms with Gasteiger partial charge in [-0.1, -0.05) is 28.4 Å². The maximum Gasteiger partial charge on any atom is 0.281 e. The lowest BCUT2D eigenvalue weighted by atomic mass is 10.3. The maximum atomic E-state index is 12.2. The number of benzene rings is 1. The summed E-state index contributed by atoms with van der Waals surface area (Å²) in [7, 11) is -2.35. The van der Waals surface area contributed by atoms with Gasteiger partial charge in [-0.3, -0.25) is 4.72 Å². The van der Waals surface area contributed by atoms with Crippen molar-refractivity contribution in [3.8, 4) is 0 Å². The second-order valence-corrected chi connectivity index (χ2v) is 6.71. The van der Waals surface area contributed by atoms with Gasteiger partial charge in [0, 0.05) is 7.05 Å². The van der Waals surface area contributed by atoms with Crippen LogP contribution in [0, 0.1) is 0 Å². The molecule has 1 aromatic heterocycles. The molecule has 0 amide bonds. The highest BCUT2D eigenvalue weighted by Crippen LogP contribution is 2.27. The molecule has 0 atom stereocenters. The third-order valence-electron chi connectivity index (χ3n) is 2.16. The zero-order chi connectivity index (χ0) is 14.2. The van der Waals surface area contributed by atoms with Crippen molar-refractivity contribution in [1.29, 1.82) is 0 Å². The van der Waals surface area contributed by atoms with E-state index in [2.05, 4.69) is 31.0 Å². The van der Waals surface area contributed by atoms with E-state index in [1.165, 1.54) is 25.2 Å². The second-order valence-electron chi connectivity index (χ2n) is 3.54. The van der Waals surface area contributed by atoms with Gasteiger partial charge in [-0.05, 0) is 34.1 Å². The minimum Gasteiger partial charge on any atom is -0.278 e. The molecule has 102 valence electrons. The Bertz CT molecular complexity index is 712. The van der Waals surface area contributed by atoms with Crippen molar-refractivity contribution in [1.82, 2.24) is 15.0 Å². The van der Waals surface area contributed by atoms with Gasteiger partial charge in [0.1, 0.15) is 0 Å². The molecule has 0 spiro atoms. The number of nitrogens with zero attached hydrogens (tertiary/aromatic N) is 3. The average molecular weight is 386 g/mol. The number of hydrogen-bond donors (Lipinski definition) is 1. The minimum absolute atomic E-state index is 0.0847. The van der Waals surface area contributed by atoms with Crippen LogP contribution < -0.4 is 4.72 Å². The fourth-order valence-electron chi connectivity index (χ4n) is 1.37. The van der Waals surface area contributed by atoms with Crippen LogP contribution in [-0.4, -0.2) is 23.4 Å². The molecule has 2 rings (SSSR count). The van der Waals surface area contributed by atoms with Crippen LogP contribution in [0.3, 0.4) is 0 Å². The van der Waals surface area contributed by atoms with E-state index in [0.29, 0.717) is 10.7 Å². The molecule has 1 heterocycles. The molecular weight excluding hydrogens is 379 g/mol. The average Bonchev–Trinajstić information content (AvgIpc) is 2.64. The standard InChI is InChI=1S/C9H7BrCl2N4O2S/c1-16-9(8(10)13-15-16)19(17,18)14-5-2-3-6(11)7(12)4-5/h2-4,14H,1H3. The summed E-state index contributed by atoms with van der Waals surface area (Å²) in [6, 6.07) is 4.42. The van der Waals surface area contributed by atoms with Gasteiger partial charge in [-0.15, -0.1) is 5.10 Å². The van der Waals surface area contributed by atoms with Gasteiger partial charge in [0.25, 0.3) is 10.0 Å². The fraction of sp³-hybridized carbons (Fsp3) is 0.111. The molecule has 0 aliphatic heterocycles. The Hall–Kier alpha value is -0.830. The Morgan fingerprint density at radius 2 is 2.00 bits per heavy atom. The van der Waals surface area contributed by atoms with E-state index in [1.807, 2.05) is 0 Å². The molecule has 0 aliphatic carbocycles. The second kappa shape index (κ2) is 5.28. The lowest BCUT2D eigenvalue weighted by Gasteiger charge is -2.08. The molecule has 10 heteroatoms. The van der Waals surface area contributed by atoms with E-state index in [4.69, 9.17) is 23.2 Å². The zero-order valence-electron chi connectivity index (χ0n) is 9.43. The SMILES string of the molecule is Cn1nnc(Br)c1S(=O)(=O)Nc1ccc(Cl)c(Cl)c1. The fourth-order valence-corrected chi connectivity index (χ4v) is 3.82. The van der Waals surface area contributed by atoms with Crippen LogP contribution >= 0.6 is 39.1 Å². The maximum absolute atomic E-state index is 12.2. The number of sulfonamides is 1.